The molecule has 0 heterocycles. The highest BCUT2D eigenvalue weighted by atomic mass is 16.5. The third-order valence-electron chi connectivity index (χ3n) is 3.42. The Kier molecular flexibility index (Phi) is 5.36. The lowest BCUT2D eigenvalue weighted by Crippen LogP contribution is -2.16. The van der Waals surface area contributed by atoms with Gasteiger partial charge in [-0.3, -0.25) is 9.59 Å². The fourth-order valence-corrected chi connectivity index (χ4v) is 2.26. The standard InChI is InChI=1S/C18H20N2O3/c1-12-16(19-13(2)21)8-5-9-17(12)20-18(22)11-14-6-4-7-15(10-14)23-3/h4-10H,11H2,1-3H3,(H,19,21)(H,20,22). The predicted molar refractivity (Wildman–Crippen MR) is 90.8 cm³/mol. The number of hydrogen-bond acceptors (Lipinski definition) is 3. The first-order valence-corrected chi connectivity index (χ1v) is 7.29. The van der Waals surface area contributed by atoms with Crippen molar-refractivity contribution in [3.8, 4) is 5.75 Å². The lowest BCUT2D eigenvalue weighted by molar-refractivity contribution is -0.115. The van der Waals surface area contributed by atoms with E-state index in [1.807, 2.05) is 37.3 Å². The summed E-state index contributed by atoms with van der Waals surface area (Å²) in [5.41, 5.74) is 3.07. The van der Waals surface area contributed by atoms with Gasteiger partial charge in [0, 0.05) is 18.3 Å². The molecule has 2 amide bonds. The molecule has 0 radical (unpaired) electrons. The lowest BCUT2D eigenvalue weighted by atomic mass is 10.1. The van der Waals surface area contributed by atoms with Gasteiger partial charge >= 0.3 is 0 Å². The number of hydrogen-bond donors (Lipinski definition) is 2. The van der Waals surface area contributed by atoms with E-state index in [0.29, 0.717) is 11.4 Å². The van der Waals surface area contributed by atoms with Gasteiger partial charge in [-0.25, -0.2) is 0 Å². The summed E-state index contributed by atoms with van der Waals surface area (Å²) in [6, 6.07) is 12.8. The molecule has 2 rings (SSSR count). The Bertz CT molecular complexity index is 726. The number of ether oxygens (including phenoxy) is 1. The van der Waals surface area contributed by atoms with Crippen molar-refractivity contribution >= 4 is 23.2 Å². The van der Waals surface area contributed by atoms with Crippen molar-refractivity contribution in [1.29, 1.82) is 0 Å². The van der Waals surface area contributed by atoms with E-state index in [4.69, 9.17) is 4.74 Å². The van der Waals surface area contributed by atoms with Gasteiger partial charge < -0.3 is 15.4 Å². The second-order valence-electron chi connectivity index (χ2n) is 5.24. The molecule has 0 aromatic heterocycles. The Morgan fingerprint density at radius 1 is 1.04 bits per heavy atom. The Balaban J connectivity index is 2.09. The van der Waals surface area contributed by atoms with E-state index in [2.05, 4.69) is 10.6 Å². The number of benzene rings is 2. The molecule has 120 valence electrons. The van der Waals surface area contributed by atoms with Crippen LogP contribution < -0.4 is 15.4 Å². The van der Waals surface area contributed by atoms with Crippen LogP contribution in [0.5, 0.6) is 5.75 Å². The van der Waals surface area contributed by atoms with E-state index in [-0.39, 0.29) is 18.2 Å². The van der Waals surface area contributed by atoms with Crippen LogP contribution >= 0.6 is 0 Å². The minimum atomic E-state index is -0.145. The van der Waals surface area contributed by atoms with Crippen LogP contribution in [0, 0.1) is 6.92 Å². The van der Waals surface area contributed by atoms with Gasteiger partial charge in [-0.05, 0) is 42.3 Å². The molecule has 2 N–H and O–H groups in total. The smallest absolute Gasteiger partial charge is 0.228 e. The van der Waals surface area contributed by atoms with Crippen molar-refractivity contribution in [3.63, 3.8) is 0 Å². The molecule has 0 fully saturated rings. The maximum atomic E-state index is 12.2. The minimum Gasteiger partial charge on any atom is -0.497 e. The van der Waals surface area contributed by atoms with Crippen LogP contribution in [0.3, 0.4) is 0 Å². The average molecular weight is 312 g/mol. The molecule has 5 heteroatoms. The van der Waals surface area contributed by atoms with Gasteiger partial charge in [0.2, 0.25) is 11.8 Å². The number of carbonyl (C=O) groups is 2. The fraction of sp³-hybridized carbons (Fsp3) is 0.222. The van der Waals surface area contributed by atoms with Gasteiger partial charge in [-0.1, -0.05) is 18.2 Å². The number of anilines is 2. The number of carbonyl (C=O) groups excluding carboxylic acids is 2. The molecule has 5 nitrogen and oxygen atoms in total. The number of nitrogens with one attached hydrogen (secondary N) is 2. The van der Waals surface area contributed by atoms with Crippen LogP contribution in [0.15, 0.2) is 42.5 Å². The van der Waals surface area contributed by atoms with Crippen molar-refractivity contribution in [2.75, 3.05) is 17.7 Å². The molecule has 2 aromatic carbocycles. The molecule has 0 bridgehead atoms. The first-order chi connectivity index (χ1) is 11.0. The maximum absolute atomic E-state index is 12.2. The van der Waals surface area contributed by atoms with Crippen LogP contribution in [0.2, 0.25) is 0 Å². The molecular weight excluding hydrogens is 292 g/mol. The van der Waals surface area contributed by atoms with Crippen LogP contribution in [0.1, 0.15) is 18.1 Å². The Hall–Kier alpha value is -2.82. The van der Waals surface area contributed by atoms with Crippen molar-refractivity contribution in [3.05, 3.63) is 53.6 Å². The van der Waals surface area contributed by atoms with Crippen molar-refractivity contribution in [2.45, 2.75) is 20.3 Å². The van der Waals surface area contributed by atoms with Crippen molar-refractivity contribution < 1.29 is 14.3 Å². The van der Waals surface area contributed by atoms with Crippen molar-refractivity contribution in [1.82, 2.24) is 0 Å². The molecule has 0 aliphatic rings. The fourth-order valence-electron chi connectivity index (χ4n) is 2.26. The molecule has 0 saturated carbocycles. The minimum absolute atomic E-state index is 0.124. The average Bonchev–Trinajstić information content (AvgIpc) is 2.51. The zero-order valence-electron chi connectivity index (χ0n) is 13.5. The molecular formula is C18H20N2O3. The van der Waals surface area contributed by atoms with Gasteiger partial charge in [-0.15, -0.1) is 0 Å². The third kappa shape index (κ3) is 4.57. The molecule has 0 saturated heterocycles. The SMILES string of the molecule is COc1cccc(CC(=O)Nc2cccc(NC(C)=O)c2C)c1. The van der Waals surface area contributed by atoms with E-state index >= 15 is 0 Å². The summed E-state index contributed by atoms with van der Waals surface area (Å²) < 4.78 is 5.15. The van der Waals surface area contributed by atoms with Crippen LogP contribution in [-0.2, 0) is 16.0 Å². The molecule has 0 atom stereocenters. The normalized spacial score (nSPS) is 10.0. The summed E-state index contributed by atoms with van der Waals surface area (Å²) in [5.74, 6) is 0.452. The summed E-state index contributed by atoms with van der Waals surface area (Å²) in [7, 11) is 1.59. The van der Waals surface area contributed by atoms with E-state index < -0.39 is 0 Å². The topological polar surface area (TPSA) is 67.4 Å². The summed E-state index contributed by atoms with van der Waals surface area (Å²) in [6.07, 6.45) is 0.251. The second-order valence-corrected chi connectivity index (χ2v) is 5.24. The highest BCUT2D eigenvalue weighted by Crippen LogP contribution is 2.23. The molecule has 0 aliphatic carbocycles. The van der Waals surface area contributed by atoms with Gasteiger partial charge in [-0.2, -0.15) is 0 Å². The van der Waals surface area contributed by atoms with Gasteiger partial charge in [0.15, 0.2) is 0 Å². The molecule has 0 spiro atoms. The predicted octanol–water partition coefficient (Wildman–Crippen LogP) is 3.14. The molecule has 2 aromatic rings. The lowest BCUT2D eigenvalue weighted by Gasteiger charge is -2.13. The molecule has 23 heavy (non-hydrogen) atoms. The van der Waals surface area contributed by atoms with Gasteiger partial charge in [0.05, 0.1) is 13.5 Å². The second kappa shape index (κ2) is 7.45. The first-order valence-electron chi connectivity index (χ1n) is 7.29. The highest BCUT2D eigenvalue weighted by Gasteiger charge is 2.09. The Morgan fingerprint density at radius 3 is 2.35 bits per heavy atom. The Morgan fingerprint density at radius 2 is 1.70 bits per heavy atom. The van der Waals surface area contributed by atoms with Gasteiger partial charge in [0.1, 0.15) is 5.75 Å². The van der Waals surface area contributed by atoms with E-state index in [0.717, 1.165) is 16.9 Å². The third-order valence-corrected chi connectivity index (χ3v) is 3.42. The Labute approximate surface area is 135 Å². The summed E-state index contributed by atoms with van der Waals surface area (Å²) in [5, 5.41) is 5.62. The zero-order chi connectivity index (χ0) is 16.8. The van der Waals surface area contributed by atoms with E-state index in [9.17, 15) is 9.59 Å². The zero-order valence-corrected chi connectivity index (χ0v) is 13.5. The summed E-state index contributed by atoms with van der Waals surface area (Å²) >= 11 is 0. The molecule has 0 unspecified atom stereocenters. The largest absolute Gasteiger partial charge is 0.497 e. The van der Waals surface area contributed by atoms with Crippen LogP contribution in [0.25, 0.3) is 0 Å². The van der Waals surface area contributed by atoms with Crippen molar-refractivity contribution in [2.24, 2.45) is 0 Å². The summed E-state index contributed by atoms with van der Waals surface area (Å²) in [4.78, 5) is 23.4. The number of rotatable bonds is 5. The molecule has 0 aliphatic heterocycles. The van der Waals surface area contributed by atoms with E-state index in [1.165, 1.54) is 6.92 Å². The number of methoxy groups -OCH3 is 1. The van der Waals surface area contributed by atoms with E-state index in [1.54, 1.807) is 19.2 Å². The quantitative estimate of drug-likeness (QED) is 0.891. The van der Waals surface area contributed by atoms with Gasteiger partial charge in [0.25, 0.3) is 0 Å². The first kappa shape index (κ1) is 16.5. The number of amides is 2. The highest BCUT2D eigenvalue weighted by molar-refractivity contribution is 5.95. The summed E-state index contributed by atoms with van der Waals surface area (Å²) in [6.45, 7) is 3.31. The monoisotopic (exact) mass is 312 g/mol. The maximum Gasteiger partial charge on any atom is 0.228 e. The van der Waals surface area contributed by atoms with Crippen LogP contribution in [0.4, 0.5) is 11.4 Å². The van der Waals surface area contributed by atoms with Crippen LogP contribution in [-0.4, -0.2) is 18.9 Å².